The van der Waals surface area contributed by atoms with Crippen LogP contribution >= 0.6 is 15.9 Å². The number of fused-ring (bicyclic) bond motifs is 1. The van der Waals surface area contributed by atoms with Crippen molar-refractivity contribution in [1.29, 1.82) is 0 Å². The Morgan fingerprint density at radius 2 is 2.20 bits per heavy atom. The van der Waals surface area contributed by atoms with Crippen molar-refractivity contribution in [1.82, 2.24) is 14.8 Å². The van der Waals surface area contributed by atoms with Gasteiger partial charge in [0.1, 0.15) is 17.3 Å². The molecule has 1 N–H and O–H groups in total. The third kappa shape index (κ3) is 4.24. The van der Waals surface area contributed by atoms with Crippen LogP contribution in [0.1, 0.15) is 18.4 Å². The van der Waals surface area contributed by atoms with E-state index in [9.17, 15) is 14.7 Å². The van der Waals surface area contributed by atoms with Crippen molar-refractivity contribution >= 4 is 43.5 Å². The van der Waals surface area contributed by atoms with Crippen LogP contribution in [0.3, 0.4) is 0 Å². The number of likely N-dealkylation sites (N-methyl/N-ethyl adjacent to an activating group) is 1. The summed E-state index contributed by atoms with van der Waals surface area (Å²) in [6, 6.07) is 8.73. The Kier molecular flexibility index (Phi) is 5.87. The fourth-order valence-corrected chi connectivity index (χ4v) is 3.96. The number of carbonyl (C=O) groups is 2. The van der Waals surface area contributed by atoms with Crippen LogP contribution in [-0.2, 0) is 21.0 Å². The molecule has 0 aliphatic carbocycles. The molecule has 1 aromatic carbocycles. The fourth-order valence-electron chi connectivity index (χ4n) is 3.59. The molecule has 2 amide bonds. The van der Waals surface area contributed by atoms with Crippen LogP contribution in [0, 0.1) is 0 Å². The number of aliphatic hydroxyl groups is 1. The van der Waals surface area contributed by atoms with E-state index in [1.54, 1.807) is 13.2 Å². The first-order valence-corrected chi connectivity index (χ1v) is 10.3. The molecule has 1 saturated heterocycles. The maximum absolute atomic E-state index is 12.9. The Balaban J connectivity index is 1.40. The molecule has 30 heavy (non-hydrogen) atoms. The normalized spacial score (nSPS) is 23.2. The van der Waals surface area contributed by atoms with Gasteiger partial charge in [-0.05, 0) is 28.1 Å². The summed E-state index contributed by atoms with van der Waals surface area (Å²) in [5.74, 6) is -0.335. The van der Waals surface area contributed by atoms with Gasteiger partial charge in [0.25, 0.3) is 0 Å². The molecule has 158 valence electrons. The van der Waals surface area contributed by atoms with Crippen LogP contribution in [-0.4, -0.2) is 68.5 Å². The monoisotopic (exact) mass is 476 g/mol. The van der Waals surface area contributed by atoms with Crippen LogP contribution in [0.5, 0.6) is 0 Å². The number of amides is 2. The van der Waals surface area contributed by atoms with Gasteiger partial charge in [0.15, 0.2) is 0 Å². The van der Waals surface area contributed by atoms with Crippen LogP contribution in [0.15, 0.2) is 41.7 Å². The van der Waals surface area contributed by atoms with Crippen molar-refractivity contribution in [2.24, 2.45) is 5.16 Å². The molecule has 1 fully saturated rings. The summed E-state index contributed by atoms with van der Waals surface area (Å²) in [5.41, 5.74) is 1.59. The van der Waals surface area contributed by atoms with Gasteiger partial charge in [-0.2, -0.15) is 0 Å². The summed E-state index contributed by atoms with van der Waals surface area (Å²) in [5, 5.41) is 14.8. The Morgan fingerprint density at radius 1 is 1.40 bits per heavy atom. The van der Waals surface area contributed by atoms with Crippen molar-refractivity contribution in [3.05, 3.63) is 42.1 Å². The number of aliphatic hydroxyl groups excluding tert-OH is 1. The summed E-state index contributed by atoms with van der Waals surface area (Å²) in [7, 11) is 1.59. The molecule has 9 nitrogen and oxygen atoms in total. The van der Waals surface area contributed by atoms with E-state index in [0.29, 0.717) is 11.0 Å². The number of benzene rings is 1. The number of nitrogens with zero attached hydrogens (tertiary/aromatic N) is 4. The second kappa shape index (κ2) is 8.57. The number of carbonyl (C=O) groups excluding carboxylic acids is 2. The minimum absolute atomic E-state index is 0.0204. The van der Waals surface area contributed by atoms with E-state index >= 15 is 0 Å². The number of halogens is 1. The second-order valence-electron chi connectivity index (χ2n) is 7.33. The van der Waals surface area contributed by atoms with Gasteiger partial charge in [0.2, 0.25) is 12.1 Å². The highest BCUT2D eigenvalue weighted by Gasteiger charge is 2.43. The van der Waals surface area contributed by atoms with Crippen molar-refractivity contribution < 1.29 is 24.3 Å². The summed E-state index contributed by atoms with van der Waals surface area (Å²) in [6.07, 6.45) is 0.221. The van der Waals surface area contributed by atoms with Crippen LogP contribution in [0.2, 0.25) is 0 Å². The van der Waals surface area contributed by atoms with Gasteiger partial charge < -0.3 is 19.6 Å². The van der Waals surface area contributed by atoms with Crippen LogP contribution < -0.4 is 0 Å². The molecule has 0 saturated carbocycles. The molecule has 1 aromatic heterocycles. The van der Waals surface area contributed by atoms with E-state index in [1.807, 2.05) is 30.3 Å². The van der Waals surface area contributed by atoms with Crippen molar-refractivity contribution in [3.63, 3.8) is 0 Å². The van der Waals surface area contributed by atoms with Gasteiger partial charge in [-0.15, -0.1) is 0 Å². The van der Waals surface area contributed by atoms with Crippen molar-refractivity contribution in [2.45, 2.75) is 37.8 Å². The number of rotatable bonds is 4. The lowest BCUT2D eigenvalue weighted by Crippen LogP contribution is -2.49. The minimum Gasteiger partial charge on any atom is -0.444 e. The summed E-state index contributed by atoms with van der Waals surface area (Å²) < 4.78 is 6.03. The molecule has 10 heteroatoms. The van der Waals surface area contributed by atoms with Gasteiger partial charge in [-0.1, -0.05) is 23.4 Å². The highest BCUT2D eigenvalue weighted by Crippen LogP contribution is 2.24. The Hall–Kier alpha value is -2.72. The molecule has 2 aliphatic rings. The maximum atomic E-state index is 12.9. The van der Waals surface area contributed by atoms with E-state index < -0.39 is 24.5 Å². The second-order valence-corrected chi connectivity index (χ2v) is 8.24. The Morgan fingerprint density at radius 3 is 2.97 bits per heavy atom. The van der Waals surface area contributed by atoms with E-state index in [1.165, 1.54) is 9.80 Å². The molecule has 3 heterocycles. The number of ether oxygens (including phenoxy) is 1. The third-order valence-electron chi connectivity index (χ3n) is 5.20. The molecular weight excluding hydrogens is 456 g/mol. The molecule has 0 spiro atoms. The fraction of sp³-hybridized carbons (Fsp3) is 0.400. The van der Waals surface area contributed by atoms with E-state index in [2.05, 4.69) is 26.1 Å². The molecule has 3 atom stereocenters. The molecule has 4 rings (SSSR count). The molecule has 0 radical (unpaired) electrons. The zero-order chi connectivity index (χ0) is 21.3. The lowest BCUT2D eigenvalue weighted by Gasteiger charge is -2.29. The number of likely N-dealkylation sites (tertiary alicyclic amines) is 1. The van der Waals surface area contributed by atoms with Crippen LogP contribution in [0.25, 0.3) is 10.9 Å². The predicted octanol–water partition coefficient (Wildman–Crippen LogP) is 2.22. The SMILES string of the molecule is CN(C(=O)C1CC(O)CN1C(=O)OCc1cnc2ccccc2c1)[C@@H]1CC(Br)=NO1. The number of aromatic nitrogens is 1. The molecular formula is C20H21BrN4O5. The van der Waals surface area contributed by atoms with E-state index in [4.69, 9.17) is 9.57 Å². The minimum atomic E-state index is -0.824. The molecule has 2 aliphatic heterocycles. The summed E-state index contributed by atoms with van der Waals surface area (Å²) in [6.45, 7) is 0.0529. The number of β-amino-alcohol motifs (C(OH)–C–C–N with tert-alkyl or cyclic N) is 1. The molecule has 2 unspecified atom stereocenters. The van der Waals surface area contributed by atoms with Crippen LogP contribution in [0.4, 0.5) is 4.79 Å². The number of para-hydroxylation sites is 1. The molecule has 0 bridgehead atoms. The first kappa shape index (κ1) is 20.5. The highest BCUT2D eigenvalue weighted by molar-refractivity contribution is 9.18. The quantitative estimate of drug-likeness (QED) is 0.725. The van der Waals surface area contributed by atoms with Crippen molar-refractivity contribution in [3.8, 4) is 0 Å². The van der Waals surface area contributed by atoms with Crippen molar-refractivity contribution in [2.75, 3.05) is 13.6 Å². The first-order chi connectivity index (χ1) is 14.4. The maximum Gasteiger partial charge on any atom is 0.410 e. The number of pyridine rings is 1. The average molecular weight is 477 g/mol. The largest absolute Gasteiger partial charge is 0.444 e. The third-order valence-corrected chi connectivity index (χ3v) is 5.67. The summed E-state index contributed by atoms with van der Waals surface area (Å²) in [4.78, 5) is 37.8. The number of oxime groups is 1. The highest BCUT2D eigenvalue weighted by atomic mass is 79.9. The van der Waals surface area contributed by atoms with Gasteiger partial charge in [-0.25, -0.2) is 4.79 Å². The zero-order valence-corrected chi connectivity index (χ0v) is 17.9. The van der Waals surface area contributed by atoms with E-state index in [0.717, 1.165) is 16.5 Å². The van der Waals surface area contributed by atoms with Gasteiger partial charge in [0.05, 0.1) is 24.6 Å². The van der Waals surface area contributed by atoms with Gasteiger partial charge in [-0.3, -0.25) is 14.7 Å². The lowest BCUT2D eigenvalue weighted by atomic mass is 10.1. The molecule has 2 aromatic rings. The summed E-state index contributed by atoms with van der Waals surface area (Å²) >= 11 is 3.24. The topological polar surface area (TPSA) is 105 Å². The van der Waals surface area contributed by atoms with Gasteiger partial charge >= 0.3 is 6.09 Å². The Labute approximate surface area is 181 Å². The average Bonchev–Trinajstić information content (AvgIpc) is 3.36. The predicted molar refractivity (Wildman–Crippen MR) is 112 cm³/mol. The Bertz CT molecular complexity index is 1000. The zero-order valence-electron chi connectivity index (χ0n) is 16.3. The number of hydrogen-bond acceptors (Lipinski definition) is 7. The van der Waals surface area contributed by atoms with E-state index in [-0.39, 0.29) is 25.5 Å². The standard InChI is InChI=1S/C20H21BrN4O5/c1-24(18-8-17(21)23-30-18)19(27)16-7-14(26)10-25(16)20(28)29-11-12-6-13-4-2-3-5-15(13)22-9-12/h2-6,9,14,16,18,26H,7-8,10-11H2,1H3/t14?,16?,18-/m0/s1. The lowest BCUT2D eigenvalue weighted by molar-refractivity contribution is -0.145. The van der Waals surface area contributed by atoms with Gasteiger partial charge in [0, 0.05) is 30.6 Å². The smallest absolute Gasteiger partial charge is 0.410 e. The first-order valence-electron chi connectivity index (χ1n) is 9.52. The number of hydrogen-bond donors (Lipinski definition) is 1.